The molecule has 2 aromatic heterocycles. The number of fused-ring (bicyclic) bond motifs is 1. The van der Waals surface area contributed by atoms with Crippen molar-refractivity contribution in [3.63, 3.8) is 0 Å². The van der Waals surface area contributed by atoms with Gasteiger partial charge in [0, 0.05) is 9.64 Å². The maximum absolute atomic E-state index is 10.8. The number of carbonyl (C=O) groups is 1. The Morgan fingerprint density at radius 3 is 3.00 bits per heavy atom. The monoisotopic (exact) mass is 415 g/mol. The van der Waals surface area contributed by atoms with E-state index in [1.165, 1.54) is 11.8 Å². The van der Waals surface area contributed by atoms with E-state index in [2.05, 4.69) is 32.7 Å². The highest BCUT2D eigenvalue weighted by molar-refractivity contribution is 14.1. The van der Waals surface area contributed by atoms with E-state index in [1.54, 1.807) is 12.3 Å². The first kappa shape index (κ1) is 14.4. The fourth-order valence-corrected chi connectivity index (χ4v) is 3.16. The highest BCUT2D eigenvalue weighted by Gasteiger charge is 2.14. The lowest BCUT2D eigenvalue weighted by molar-refractivity contribution is -0.133. The van der Waals surface area contributed by atoms with Crippen molar-refractivity contribution in [2.24, 2.45) is 0 Å². The molecule has 0 saturated carbocycles. The quantitative estimate of drug-likeness (QED) is 0.510. The van der Waals surface area contributed by atoms with Crippen molar-refractivity contribution >= 4 is 51.4 Å². The number of aromatic nitrogens is 3. The minimum Gasteiger partial charge on any atom is -0.481 e. The molecule has 0 aliphatic rings. The van der Waals surface area contributed by atoms with Crippen LogP contribution < -0.4 is 0 Å². The molecule has 0 aliphatic heterocycles. The van der Waals surface area contributed by atoms with Crippen LogP contribution in [0.3, 0.4) is 0 Å². The van der Waals surface area contributed by atoms with Crippen molar-refractivity contribution in [3.05, 3.63) is 39.8 Å². The van der Waals surface area contributed by atoms with Crippen LogP contribution in [0, 0.1) is 3.57 Å². The lowest BCUT2D eigenvalue weighted by Gasteiger charge is -2.05. The molecule has 21 heavy (non-hydrogen) atoms. The summed E-state index contributed by atoms with van der Waals surface area (Å²) in [4.78, 5) is 15.3. The summed E-state index contributed by atoms with van der Waals surface area (Å²) in [6.07, 6.45) is 1.58. The first-order valence-electron chi connectivity index (χ1n) is 6.03. The summed E-state index contributed by atoms with van der Waals surface area (Å²) in [5.41, 5.74) is 1.79. The van der Waals surface area contributed by atoms with E-state index in [4.69, 9.17) is 9.63 Å². The number of carboxylic acids is 1. The van der Waals surface area contributed by atoms with Crippen molar-refractivity contribution < 1.29 is 14.4 Å². The molecular weight excluding hydrogens is 405 g/mol. The van der Waals surface area contributed by atoms with Crippen LogP contribution in [-0.2, 0) is 11.3 Å². The Hall–Kier alpha value is -1.55. The first-order chi connectivity index (χ1) is 10.1. The van der Waals surface area contributed by atoms with Crippen LogP contribution in [0.15, 0.2) is 40.1 Å². The molecule has 1 N–H and O–H groups in total. The second kappa shape index (κ2) is 6.06. The summed E-state index contributed by atoms with van der Waals surface area (Å²) in [7, 11) is 0. The molecule has 108 valence electrons. The molecule has 0 atom stereocenters. The van der Waals surface area contributed by atoms with Crippen molar-refractivity contribution in [2.45, 2.75) is 11.7 Å². The summed E-state index contributed by atoms with van der Waals surface area (Å²) in [5, 5.41) is 13.2. The van der Waals surface area contributed by atoms with E-state index in [0.717, 1.165) is 14.6 Å². The van der Waals surface area contributed by atoms with E-state index in [9.17, 15) is 4.79 Å². The summed E-state index contributed by atoms with van der Waals surface area (Å²) >= 11 is 3.42. The van der Waals surface area contributed by atoms with Gasteiger partial charge < -0.3 is 14.2 Å². The zero-order chi connectivity index (χ0) is 14.8. The minimum absolute atomic E-state index is 0.0309. The molecule has 8 heteroatoms. The van der Waals surface area contributed by atoms with Crippen LogP contribution in [0.2, 0.25) is 0 Å². The smallest absolute Gasteiger partial charge is 0.313 e. The van der Waals surface area contributed by atoms with Crippen LogP contribution >= 0.6 is 34.4 Å². The number of carboxylic acid groups (broad SMARTS) is 1. The van der Waals surface area contributed by atoms with Gasteiger partial charge in [-0.2, -0.15) is 0 Å². The van der Waals surface area contributed by atoms with Gasteiger partial charge in [0.1, 0.15) is 0 Å². The Labute approximate surface area is 137 Å². The Morgan fingerprint density at radius 2 is 2.29 bits per heavy atom. The third-order valence-corrected chi connectivity index (χ3v) is 4.44. The van der Waals surface area contributed by atoms with Gasteiger partial charge in [-0.3, -0.25) is 4.79 Å². The zero-order valence-corrected chi connectivity index (χ0v) is 13.7. The van der Waals surface area contributed by atoms with Gasteiger partial charge >= 0.3 is 5.97 Å². The maximum atomic E-state index is 10.8. The molecular formula is C13H10IN3O3S. The molecule has 0 saturated heterocycles. The number of rotatable bonds is 5. The first-order valence-corrected chi connectivity index (χ1v) is 8.10. The third kappa shape index (κ3) is 3.21. The van der Waals surface area contributed by atoms with E-state index >= 15 is 0 Å². The van der Waals surface area contributed by atoms with Crippen molar-refractivity contribution in [3.8, 4) is 0 Å². The molecule has 3 aromatic rings. The maximum Gasteiger partial charge on any atom is 0.313 e. The third-order valence-electron chi connectivity index (χ3n) is 2.81. The van der Waals surface area contributed by atoms with E-state index in [1.807, 2.05) is 22.8 Å². The lowest BCUT2D eigenvalue weighted by atomic mass is 10.3. The molecule has 6 nitrogen and oxygen atoms in total. The largest absolute Gasteiger partial charge is 0.481 e. The summed E-state index contributed by atoms with van der Waals surface area (Å²) in [5.74, 6) is -0.200. The van der Waals surface area contributed by atoms with Crippen molar-refractivity contribution in [1.82, 2.24) is 14.7 Å². The zero-order valence-electron chi connectivity index (χ0n) is 10.7. The number of halogens is 1. The highest BCUT2D eigenvalue weighted by Crippen LogP contribution is 2.26. The molecule has 2 heterocycles. The molecule has 0 spiro atoms. The number of imidazole rings is 1. The van der Waals surface area contributed by atoms with Gasteiger partial charge in [-0.25, -0.2) is 4.98 Å². The van der Waals surface area contributed by atoms with Gasteiger partial charge in [-0.1, -0.05) is 16.9 Å². The van der Waals surface area contributed by atoms with Gasteiger partial charge in [-0.15, -0.1) is 0 Å². The van der Waals surface area contributed by atoms with Crippen LogP contribution in [0.4, 0.5) is 0 Å². The van der Waals surface area contributed by atoms with E-state index in [0.29, 0.717) is 17.5 Å². The summed E-state index contributed by atoms with van der Waals surface area (Å²) in [6.45, 7) is 0.471. The predicted molar refractivity (Wildman–Crippen MR) is 86.4 cm³/mol. The number of benzene rings is 1. The second-order valence-corrected chi connectivity index (χ2v) is 6.46. The van der Waals surface area contributed by atoms with Gasteiger partial charge in [-0.05, 0) is 40.8 Å². The Balaban J connectivity index is 2.03. The normalized spacial score (nSPS) is 11.1. The SMILES string of the molecule is O=C(O)CSc1nc2cc(I)ccc2n1Cc1ccno1. The Morgan fingerprint density at radius 1 is 1.43 bits per heavy atom. The molecule has 0 radical (unpaired) electrons. The van der Waals surface area contributed by atoms with Gasteiger partial charge in [0.15, 0.2) is 10.9 Å². The number of nitrogens with zero attached hydrogens (tertiary/aromatic N) is 3. The molecule has 0 fully saturated rings. The standard InChI is InChI=1S/C13H10IN3O3S/c14-8-1-2-11-10(5-8)16-13(21-7-12(18)19)17(11)6-9-3-4-15-20-9/h1-5H,6-7H2,(H,18,19). The van der Waals surface area contributed by atoms with Crippen LogP contribution in [-0.4, -0.2) is 31.5 Å². The Kier molecular flexibility index (Phi) is 4.15. The van der Waals surface area contributed by atoms with Crippen LogP contribution in [0.1, 0.15) is 5.76 Å². The molecule has 1 aromatic carbocycles. The highest BCUT2D eigenvalue weighted by atomic mass is 127. The summed E-state index contributed by atoms with van der Waals surface area (Å²) < 4.78 is 8.16. The minimum atomic E-state index is -0.868. The van der Waals surface area contributed by atoms with Crippen LogP contribution in [0.5, 0.6) is 0 Å². The van der Waals surface area contributed by atoms with Crippen LogP contribution in [0.25, 0.3) is 11.0 Å². The molecule has 0 unspecified atom stereocenters. The molecule has 0 bridgehead atoms. The number of aliphatic carboxylic acids is 1. The number of thioether (sulfide) groups is 1. The lowest BCUT2D eigenvalue weighted by Crippen LogP contribution is -2.04. The molecule has 3 rings (SSSR count). The average molecular weight is 415 g/mol. The fraction of sp³-hybridized carbons (Fsp3) is 0.154. The van der Waals surface area contributed by atoms with E-state index in [-0.39, 0.29) is 5.75 Å². The second-order valence-electron chi connectivity index (χ2n) is 4.27. The summed E-state index contributed by atoms with van der Waals surface area (Å²) in [6, 6.07) is 7.72. The van der Waals surface area contributed by atoms with Crippen molar-refractivity contribution in [2.75, 3.05) is 5.75 Å². The van der Waals surface area contributed by atoms with Gasteiger partial charge in [0.2, 0.25) is 0 Å². The topological polar surface area (TPSA) is 81.1 Å². The molecule has 0 amide bonds. The van der Waals surface area contributed by atoms with Gasteiger partial charge in [0.25, 0.3) is 0 Å². The Bertz CT molecular complexity index is 785. The van der Waals surface area contributed by atoms with Crippen molar-refractivity contribution in [1.29, 1.82) is 0 Å². The number of hydrogen-bond acceptors (Lipinski definition) is 5. The molecule has 0 aliphatic carbocycles. The van der Waals surface area contributed by atoms with E-state index < -0.39 is 5.97 Å². The van der Waals surface area contributed by atoms with Gasteiger partial charge in [0.05, 0.1) is 29.5 Å². The predicted octanol–water partition coefficient (Wildman–Crippen LogP) is 2.85. The average Bonchev–Trinajstić information content (AvgIpc) is 3.05. The fourth-order valence-electron chi connectivity index (χ4n) is 1.95. The number of hydrogen-bond donors (Lipinski definition) is 1.